The lowest BCUT2D eigenvalue weighted by Gasteiger charge is -2.34. The summed E-state index contributed by atoms with van der Waals surface area (Å²) < 4.78 is 0. The van der Waals surface area contributed by atoms with E-state index in [-0.39, 0.29) is 11.9 Å². The average molecular weight is 254 g/mol. The summed E-state index contributed by atoms with van der Waals surface area (Å²) in [4.78, 5) is 14.8. The van der Waals surface area contributed by atoms with E-state index in [1.807, 2.05) is 26.0 Å². The molecule has 4 nitrogen and oxygen atoms in total. The van der Waals surface area contributed by atoms with Gasteiger partial charge in [0.2, 0.25) is 0 Å². The topological polar surface area (TPSA) is 52.6 Å². The van der Waals surface area contributed by atoms with Gasteiger partial charge in [-0.3, -0.25) is 5.32 Å². The van der Waals surface area contributed by atoms with Crippen LogP contribution >= 0.6 is 11.3 Å². The molecule has 0 aliphatic carbocycles. The summed E-state index contributed by atoms with van der Waals surface area (Å²) in [7, 11) is 0. The third-order valence-electron chi connectivity index (χ3n) is 3.18. The van der Waals surface area contributed by atoms with Crippen LogP contribution in [0.15, 0.2) is 12.1 Å². The van der Waals surface area contributed by atoms with Gasteiger partial charge in [0.15, 0.2) is 0 Å². The largest absolute Gasteiger partial charge is 0.391 e. The fourth-order valence-corrected chi connectivity index (χ4v) is 2.68. The number of urea groups is 1. The van der Waals surface area contributed by atoms with Crippen LogP contribution in [-0.4, -0.2) is 35.2 Å². The average Bonchev–Trinajstić information content (AvgIpc) is 2.68. The molecule has 2 atom stereocenters. The maximum Gasteiger partial charge on any atom is 0.322 e. The molecule has 2 rings (SSSR count). The zero-order chi connectivity index (χ0) is 12.4. The van der Waals surface area contributed by atoms with Gasteiger partial charge in [0.25, 0.3) is 0 Å². The van der Waals surface area contributed by atoms with Crippen molar-refractivity contribution in [1.82, 2.24) is 4.90 Å². The van der Waals surface area contributed by atoms with Gasteiger partial charge < -0.3 is 10.0 Å². The molecule has 5 heteroatoms. The first kappa shape index (κ1) is 12.4. The minimum Gasteiger partial charge on any atom is -0.391 e. The van der Waals surface area contributed by atoms with Gasteiger partial charge in [-0.25, -0.2) is 4.79 Å². The first-order valence-corrected chi connectivity index (χ1v) is 6.68. The minimum absolute atomic E-state index is 0.113. The molecule has 17 heavy (non-hydrogen) atoms. The predicted octanol–water partition coefficient (Wildman–Crippen LogP) is 2.29. The van der Waals surface area contributed by atoms with E-state index < -0.39 is 6.10 Å². The second kappa shape index (κ2) is 5.06. The summed E-state index contributed by atoms with van der Waals surface area (Å²) in [5, 5.41) is 13.5. The van der Waals surface area contributed by atoms with Crippen molar-refractivity contribution >= 4 is 22.4 Å². The maximum absolute atomic E-state index is 11.9. The number of anilines is 1. The van der Waals surface area contributed by atoms with Crippen molar-refractivity contribution in [2.24, 2.45) is 5.92 Å². The van der Waals surface area contributed by atoms with Crippen LogP contribution in [0.25, 0.3) is 0 Å². The SMILES string of the molecule is Cc1ccc(NC(=O)N2CCC(C)C(O)C2)s1. The van der Waals surface area contributed by atoms with Crippen LogP contribution in [0.4, 0.5) is 9.80 Å². The van der Waals surface area contributed by atoms with Crippen LogP contribution < -0.4 is 5.32 Å². The number of thiophene rings is 1. The lowest BCUT2D eigenvalue weighted by Crippen LogP contribution is -2.47. The molecule has 1 aromatic rings. The molecule has 2 unspecified atom stereocenters. The summed E-state index contributed by atoms with van der Waals surface area (Å²) in [6.07, 6.45) is 0.456. The van der Waals surface area contributed by atoms with E-state index in [1.165, 1.54) is 4.88 Å². The molecular weight excluding hydrogens is 236 g/mol. The van der Waals surface area contributed by atoms with Crippen molar-refractivity contribution in [3.8, 4) is 0 Å². The fraction of sp³-hybridized carbons (Fsp3) is 0.583. The molecule has 0 saturated carbocycles. The summed E-state index contributed by atoms with van der Waals surface area (Å²) in [5.74, 6) is 0.281. The zero-order valence-electron chi connectivity index (χ0n) is 10.1. The Hall–Kier alpha value is -1.07. The number of likely N-dealkylation sites (tertiary alicyclic amines) is 1. The van der Waals surface area contributed by atoms with Gasteiger partial charge in [0, 0.05) is 18.0 Å². The van der Waals surface area contributed by atoms with Crippen molar-refractivity contribution in [3.05, 3.63) is 17.0 Å². The Labute approximate surface area is 105 Å². The second-order valence-electron chi connectivity index (χ2n) is 4.62. The number of nitrogens with zero attached hydrogens (tertiary/aromatic N) is 1. The Morgan fingerprint density at radius 1 is 1.59 bits per heavy atom. The van der Waals surface area contributed by atoms with Crippen LogP contribution in [0.2, 0.25) is 0 Å². The number of hydrogen-bond donors (Lipinski definition) is 2. The van der Waals surface area contributed by atoms with Crippen molar-refractivity contribution in [1.29, 1.82) is 0 Å². The van der Waals surface area contributed by atoms with E-state index in [2.05, 4.69) is 5.32 Å². The molecule has 2 amide bonds. The van der Waals surface area contributed by atoms with Gasteiger partial charge in [-0.1, -0.05) is 6.92 Å². The van der Waals surface area contributed by atoms with E-state index in [9.17, 15) is 9.90 Å². The normalized spacial score (nSPS) is 24.8. The van der Waals surface area contributed by atoms with E-state index >= 15 is 0 Å². The minimum atomic E-state index is -0.403. The monoisotopic (exact) mass is 254 g/mol. The number of aryl methyl sites for hydroxylation is 1. The Kier molecular flexibility index (Phi) is 3.69. The van der Waals surface area contributed by atoms with E-state index in [0.717, 1.165) is 11.4 Å². The number of amides is 2. The molecule has 94 valence electrons. The maximum atomic E-state index is 11.9. The molecule has 1 fully saturated rings. The summed E-state index contributed by atoms with van der Waals surface area (Å²) in [5.41, 5.74) is 0. The molecule has 0 radical (unpaired) electrons. The van der Waals surface area contributed by atoms with Crippen molar-refractivity contribution in [3.63, 3.8) is 0 Å². The molecule has 0 aromatic carbocycles. The van der Waals surface area contributed by atoms with Gasteiger partial charge in [-0.2, -0.15) is 0 Å². The van der Waals surface area contributed by atoms with Gasteiger partial charge in [-0.15, -0.1) is 11.3 Å². The van der Waals surface area contributed by atoms with Crippen LogP contribution in [0.1, 0.15) is 18.2 Å². The van der Waals surface area contributed by atoms with Crippen LogP contribution in [0.3, 0.4) is 0 Å². The standard InChI is InChI=1S/C12H18N2O2S/c1-8-5-6-14(7-10(8)15)12(16)13-11-4-3-9(2)17-11/h3-4,8,10,15H,5-7H2,1-2H3,(H,13,16). The Morgan fingerprint density at radius 2 is 2.35 bits per heavy atom. The molecule has 2 heterocycles. The number of aliphatic hydroxyl groups excluding tert-OH is 1. The Bertz CT molecular complexity index is 405. The molecule has 0 spiro atoms. The molecule has 1 aliphatic rings. The predicted molar refractivity (Wildman–Crippen MR) is 69.4 cm³/mol. The number of carbonyl (C=O) groups excluding carboxylic acids is 1. The number of piperidine rings is 1. The number of β-amino-alcohol motifs (C(OH)–C–C–N with tert-alkyl or cyclic N) is 1. The van der Waals surface area contributed by atoms with Gasteiger partial charge >= 0.3 is 6.03 Å². The highest BCUT2D eigenvalue weighted by Crippen LogP contribution is 2.22. The number of rotatable bonds is 1. The zero-order valence-corrected chi connectivity index (χ0v) is 11.0. The van der Waals surface area contributed by atoms with E-state index in [4.69, 9.17) is 0 Å². The van der Waals surface area contributed by atoms with Gasteiger partial charge in [0.05, 0.1) is 11.1 Å². The molecular formula is C12H18N2O2S. The fourth-order valence-electron chi connectivity index (χ4n) is 1.92. The lowest BCUT2D eigenvalue weighted by molar-refractivity contribution is 0.0464. The van der Waals surface area contributed by atoms with Gasteiger partial charge in [0.1, 0.15) is 0 Å². The smallest absolute Gasteiger partial charge is 0.322 e. The van der Waals surface area contributed by atoms with Crippen molar-refractivity contribution in [2.75, 3.05) is 18.4 Å². The highest BCUT2D eigenvalue weighted by molar-refractivity contribution is 7.16. The second-order valence-corrected chi connectivity index (χ2v) is 5.91. The number of aliphatic hydroxyl groups is 1. The third kappa shape index (κ3) is 2.98. The lowest BCUT2D eigenvalue weighted by atomic mass is 9.96. The Morgan fingerprint density at radius 3 is 2.94 bits per heavy atom. The number of nitrogens with one attached hydrogen (secondary N) is 1. The first-order chi connectivity index (χ1) is 8.06. The van der Waals surface area contributed by atoms with Crippen molar-refractivity contribution < 1.29 is 9.90 Å². The molecule has 2 N–H and O–H groups in total. The summed E-state index contributed by atoms with van der Waals surface area (Å²) in [6, 6.07) is 3.77. The first-order valence-electron chi connectivity index (χ1n) is 5.86. The van der Waals surface area contributed by atoms with Crippen LogP contribution in [0, 0.1) is 12.8 Å². The van der Waals surface area contributed by atoms with E-state index in [1.54, 1.807) is 16.2 Å². The molecule has 1 aromatic heterocycles. The molecule has 0 bridgehead atoms. The molecule has 1 saturated heterocycles. The highest BCUT2D eigenvalue weighted by atomic mass is 32.1. The van der Waals surface area contributed by atoms with E-state index in [0.29, 0.717) is 13.1 Å². The van der Waals surface area contributed by atoms with Crippen molar-refractivity contribution in [2.45, 2.75) is 26.4 Å². The molecule has 1 aliphatic heterocycles. The number of hydrogen-bond acceptors (Lipinski definition) is 3. The quantitative estimate of drug-likeness (QED) is 0.808. The van der Waals surface area contributed by atoms with Gasteiger partial charge in [-0.05, 0) is 31.4 Å². The summed E-state index contributed by atoms with van der Waals surface area (Å²) in [6.45, 7) is 5.17. The van der Waals surface area contributed by atoms with Crippen LogP contribution in [-0.2, 0) is 0 Å². The number of carbonyl (C=O) groups is 1. The van der Waals surface area contributed by atoms with Crippen LogP contribution in [0.5, 0.6) is 0 Å². The third-order valence-corrected chi connectivity index (χ3v) is 4.09. The summed E-state index contributed by atoms with van der Waals surface area (Å²) >= 11 is 1.56. The highest BCUT2D eigenvalue weighted by Gasteiger charge is 2.27. The Balaban J connectivity index is 1.92.